The lowest BCUT2D eigenvalue weighted by atomic mass is 10.0. The highest BCUT2D eigenvalue weighted by molar-refractivity contribution is 6.76. The normalized spacial score (nSPS) is 13.8. The quantitative estimate of drug-likeness (QED) is 0.124. The van der Waals surface area contributed by atoms with Crippen LogP contribution in [0.5, 0.6) is 5.75 Å². The molecule has 1 aliphatic rings. The first kappa shape index (κ1) is 31.2. The molecular formula is C31H43N9O3Si. The monoisotopic (exact) mass is 617 g/mol. The first-order valence-corrected chi connectivity index (χ1v) is 18.4. The number of carbonyl (C=O) groups excluding carboxylic acids is 1. The smallest absolute Gasteiger partial charge is 0.247 e. The highest BCUT2D eigenvalue weighted by Gasteiger charge is 2.31. The van der Waals surface area contributed by atoms with Gasteiger partial charge in [0.05, 0.1) is 36.1 Å². The lowest BCUT2D eigenvalue weighted by Gasteiger charge is -2.45. The van der Waals surface area contributed by atoms with Gasteiger partial charge in [-0.2, -0.15) is 10.1 Å². The zero-order valence-electron chi connectivity index (χ0n) is 26.7. The van der Waals surface area contributed by atoms with Gasteiger partial charge in [0.15, 0.2) is 0 Å². The minimum absolute atomic E-state index is 0.296. The largest absolute Gasteiger partial charge is 0.494 e. The van der Waals surface area contributed by atoms with Gasteiger partial charge in [0.1, 0.15) is 18.1 Å². The van der Waals surface area contributed by atoms with Gasteiger partial charge in [0.2, 0.25) is 11.9 Å². The molecule has 0 aliphatic carbocycles. The van der Waals surface area contributed by atoms with Gasteiger partial charge in [-0.05, 0) is 38.3 Å². The summed E-state index contributed by atoms with van der Waals surface area (Å²) in [6.45, 7) is 13.4. The van der Waals surface area contributed by atoms with E-state index in [1.165, 1.54) is 6.08 Å². The van der Waals surface area contributed by atoms with Crippen LogP contribution in [0.4, 0.5) is 23.0 Å². The predicted molar refractivity (Wildman–Crippen MR) is 179 cm³/mol. The number of carbonyl (C=O) groups is 1. The molecule has 0 spiro atoms. The van der Waals surface area contributed by atoms with Crippen molar-refractivity contribution in [3.8, 4) is 17.0 Å². The molecular weight excluding hydrogens is 574 g/mol. The molecule has 0 unspecified atom stereocenters. The van der Waals surface area contributed by atoms with E-state index in [-0.39, 0.29) is 5.91 Å². The van der Waals surface area contributed by atoms with Crippen LogP contribution >= 0.6 is 0 Å². The van der Waals surface area contributed by atoms with Crippen molar-refractivity contribution in [1.29, 1.82) is 0 Å². The van der Waals surface area contributed by atoms with Crippen LogP contribution in [-0.4, -0.2) is 90.1 Å². The number of amides is 1. The molecule has 44 heavy (non-hydrogen) atoms. The second-order valence-corrected chi connectivity index (χ2v) is 18.2. The second kappa shape index (κ2) is 12.8. The Balaban J connectivity index is 1.52. The van der Waals surface area contributed by atoms with Crippen LogP contribution in [0.1, 0.15) is 0 Å². The summed E-state index contributed by atoms with van der Waals surface area (Å²) >= 11 is 0. The van der Waals surface area contributed by atoms with Gasteiger partial charge in [-0.3, -0.25) is 9.48 Å². The second-order valence-electron chi connectivity index (χ2n) is 12.6. The Morgan fingerprint density at radius 1 is 1.20 bits per heavy atom. The van der Waals surface area contributed by atoms with Gasteiger partial charge in [-0.25, -0.2) is 4.98 Å². The van der Waals surface area contributed by atoms with Gasteiger partial charge in [0, 0.05) is 70.3 Å². The number of likely N-dealkylation sites (N-methyl/N-ethyl adjacent to an activating group) is 1. The molecule has 1 fully saturated rings. The van der Waals surface area contributed by atoms with E-state index in [4.69, 9.17) is 19.4 Å². The number of aryl methyl sites for hydroxylation is 1. The van der Waals surface area contributed by atoms with Crippen LogP contribution in [0.15, 0.2) is 49.4 Å². The van der Waals surface area contributed by atoms with E-state index in [1.807, 2.05) is 42.2 Å². The predicted octanol–water partition coefficient (Wildman–Crippen LogP) is 4.77. The number of fused-ring (bicyclic) bond motifs is 1. The van der Waals surface area contributed by atoms with Crippen LogP contribution in [0.25, 0.3) is 22.3 Å². The average Bonchev–Trinajstić information content (AvgIpc) is 3.56. The van der Waals surface area contributed by atoms with Gasteiger partial charge >= 0.3 is 0 Å². The van der Waals surface area contributed by atoms with E-state index in [0.29, 0.717) is 42.5 Å². The number of benzene rings is 1. The van der Waals surface area contributed by atoms with Crippen molar-refractivity contribution in [2.45, 2.75) is 38.5 Å². The minimum Gasteiger partial charge on any atom is -0.494 e. The summed E-state index contributed by atoms with van der Waals surface area (Å²) in [5.41, 5.74) is 4.48. The van der Waals surface area contributed by atoms with Crippen molar-refractivity contribution in [2.24, 2.45) is 7.05 Å². The van der Waals surface area contributed by atoms with Crippen LogP contribution in [-0.2, 0) is 23.3 Å². The topological polar surface area (TPSA) is 115 Å². The maximum absolute atomic E-state index is 12.4. The van der Waals surface area contributed by atoms with E-state index in [1.54, 1.807) is 18.0 Å². The number of methoxy groups -OCH3 is 1. The lowest BCUT2D eigenvalue weighted by molar-refractivity contribution is -0.111. The molecule has 1 amide bonds. The van der Waals surface area contributed by atoms with E-state index in [0.717, 1.165) is 47.1 Å². The molecule has 5 rings (SSSR count). The van der Waals surface area contributed by atoms with Gasteiger partial charge < -0.3 is 34.5 Å². The number of hydrogen-bond acceptors (Lipinski definition) is 9. The first-order chi connectivity index (χ1) is 21.0. The number of nitrogens with one attached hydrogen (secondary N) is 2. The van der Waals surface area contributed by atoms with Crippen molar-refractivity contribution in [3.63, 3.8) is 0 Å². The Hall–Kier alpha value is -4.20. The standard InChI is InChI=1S/C31H43N9O3Si/c1-9-28(41)33-24-14-25(27(42-5)15-26(24)40-18-22(19-40)37(2)3)34-31-35-29(21-16-32-38(4)17-21)23-10-11-39(30(23)36-31)20-43-12-13-44(6,7)8/h9-11,14-17,22H,1,12-13,18-20H2,2-8H3,(H,33,41)(H,34,35,36). The number of aromatic nitrogens is 5. The van der Waals surface area contributed by atoms with Crippen molar-refractivity contribution in [1.82, 2.24) is 29.2 Å². The molecule has 12 nitrogen and oxygen atoms in total. The fourth-order valence-corrected chi connectivity index (χ4v) is 5.77. The third-order valence-corrected chi connectivity index (χ3v) is 9.47. The van der Waals surface area contributed by atoms with E-state index < -0.39 is 8.07 Å². The molecule has 1 aliphatic heterocycles. The Morgan fingerprint density at radius 3 is 2.61 bits per heavy atom. The fourth-order valence-electron chi connectivity index (χ4n) is 5.01. The molecule has 3 aromatic heterocycles. The highest BCUT2D eigenvalue weighted by Crippen LogP contribution is 2.40. The Kier molecular flexibility index (Phi) is 9.09. The molecule has 2 N–H and O–H groups in total. The summed E-state index contributed by atoms with van der Waals surface area (Å²) < 4.78 is 15.6. The van der Waals surface area contributed by atoms with Crippen LogP contribution in [0, 0.1) is 0 Å². The molecule has 0 bridgehead atoms. The number of rotatable bonds is 13. The van der Waals surface area contributed by atoms with Crippen LogP contribution in [0.2, 0.25) is 25.7 Å². The van der Waals surface area contributed by atoms with Gasteiger partial charge in [-0.1, -0.05) is 26.2 Å². The Morgan fingerprint density at radius 2 is 1.98 bits per heavy atom. The summed E-state index contributed by atoms with van der Waals surface area (Å²) in [5, 5.41) is 11.6. The molecule has 1 saturated heterocycles. The van der Waals surface area contributed by atoms with Crippen LogP contribution < -0.4 is 20.3 Å². The van der Waals surface area contributed by atoms with E-state index in [9.17, 15) is 4.79 Å². The van der Waals surface area contributed by atoms with Crippen molar-refractivity contribution >= 4 is 48.0 Å². The SMILES string of the molecule is C=CC(=O)Nc1cc(Nc2nc(-c3cnn(C)c3)c3ccn(COCC[Si](C)(C)C)c3n2)c(OC)cc1N1CC(N(C)C)C1. The minimum atomic E-state index is -1.21. The molecule has 4 aromatic rings. The van der Waals surface area contributed by atoms with E-state index >= 15 is 0 Å². The number of anilines is 4. The molecule has 4 heterocycles. The van der Waals surface area contributed by atoms with E-state index in [2.05, 4.69) is 65.8 Å². The summed E-state index contributed by atoms with van der Waals surface area (Å²) in [5.74, 6) is 0.680. The van der Waals surface area contributed by atoms with Crippen molar-refractivity contribution < 1.29 is 14.3 Å². The number of ether oxygens (including phenoxy) is 2. The average molecular weight is 618 g/mol. The molecule has 13 heteroatoms. The van der Waals surface area contributed by atoms with Gasteiger partial charge in [0.25, 0.3) is 0 Å². The molecule has 0 radical (unpaired) electrons. The molecule has 1 aromatic carbocycles. The maximum atomic E-state index is 12.4. The van der Waals surface area contributed by atoms with Crippen molar-refractivity contribution in [2.75, 3.05) is 56.4 Å². The van der Waals surface area contributed by atoms with Gasteiger partial charge in [-0.15, -0.1) is 0 Å². The Labute approximate surface area is 259 Å². The molecule has 234 valence electrons. The maximum Gasteiger partial charge on any atom is 0.247 e. The van der Waals surface area contributed by atoms with Crippen molar-refractivity contribution in [3.05, 3.63) is 49.4 Å². The Bertz CT molecular complexity index is 1650. The zero-order valence-corrected chi connectivity index (χ0v) is 27.7. The number of nitrogens with zero attached hydrogens (tertiary/aromatic N) is 7. The summed E-state index contributed by atoms with van der Waals surface area (Å²) in [7, 11) is 6.44. The highest BCUT2D eigenvalue weighted by atomic mass is 28.3. The first-order valence-electron chi connectivity index (χ1n) is 14.7. The molecule has 0 atom stereocenters. The summed E-state index contributed by atoms with van der Waals surface area (Å²) in [6, 6.07) is 7.32. The number of hydrogen-bond donors (Lipinski definition) is 2. The summed E-state index contributed by atoms with van der Waals surface area (Å²) in [4.78, 5) is 26.7. The fraction of sp³-hybridized carbons (Fsp3) is 0.419. The molecule has 0 saturated carbocycles. The summed E-state index contributed by atoms with van der Waals surface area (Å²) in [6.07, 6.45) is 6.96. The zero-order chi connectivity index (χ0) is 31.6. The third kappa shape index (κ3) is 6.95. The van der Waals surface area contributed by atoms with Crippen LogP contribution in [0.3, 0.4) is 0 Å². The third-order valence-electron chi connectivity index (χ3n) is 7.76. The lowest BCUT2D eigenvalue weighted by Crippen LogP contribution is -2.57.